The van der Waals surface area contributed by atoms with Crippen molar-refractivity contribution in [3.63, 3.8) is 0 Å². The highest BCUT2D eigenvalue weighted by molar-refractivity contribution is 5.94. The standard InChI is InChI=1S/C19H19N3O2/c1-14-11-20-18(15-5-3-2-4-6-15)22(14)17-7-9-21(12-17)19(23)16-8-10-24-13-16/h2-6,8,10-11,13,17H,7,9,12H2,1H3. The highest BCUT2D eigenvalue weighted by Gasteiger charge is 2.30. The molecule has 0 radical (unpaired) electrons. The van der Waals surface area contributed by atoms with Crippen LogP contribution in [-0.4, -0.2) is 33.4 Å². The average Bonchev–Trinajstić information content (AvgIpc) is 3.35. The van der Waals surface area contributed by atoms with Gasteiger partial charge in [-0.1, -0.05) is 30.3 Å². The molecular formula is C19H19N3O2. The summed E-state index contributed by atoms with van der Waals surface area (Å²) in [7, 11) is 0. The lowest BCUT2D eigenvalue weighted by Crippen LogP contribution is -2.29. The number of hydrogen-bond acceptors (Lipinski definition) is 3. The van der Waals surface area contributed by atoms with Gasteiger partial charge < -0.3 is 13.9 Å². The van der Waals surface area contributed by atoms with Gasteiger partial charge in [0.2, 0.25) is 0 Å². The summed E-state index contributed by atoms with van der Waals surface area (Å²) >= 11 is 0. The molecule has 0 N–H and O–H groups in total. The van der Waals surface area contributed by atoms with Gasteiger partial charge in [-0.15, -0.1) is 0 Å². The van der Waals surface area contributed by atoms with E-state index >= 15 is 0 Å². The fourth-order valence-electron chi connectivity index (χ4n) is 3.41. The lowest BCUT2D eigenvalue weighted by molar-refractivity contribution is 0.0787. The Kier molecular flexibility index (Phi) is 3.69. The minimum absolute atomic E-state index is 0.0327. The Morgan fingerprint density at radius 1 is 1.25 bits per heavy atom. The highest BCUT2D eigenvalue weighted by atomic mass is 16.3. The second-order valence-corrected chi connectivity index (χ2v) is 6.16. The summed E-state index contributed by atoms with van der Waals surface area (Å²) in [5.41, 5.74) is 2.84. The van der Waals surface area contributed by atoms with Crippen LogP contribution in [0.5, 0.6) is 0 Å². The van der Waals surface area contributed by atoms with Gasteiger partial charge in [-0.3, -0.25) is 4.79 Å². The number of aryl methyl sites for hydroxylation is 1. The molecule has 0 spiro atoms. The number of imidazole rings is 1. The smallest absolute Gasteiger partial charge is 0.257 e. The van der Waals surface area contributed by atoms with Crippen molar-refractivity contribution in [2.75, 3.05) is 13.1 Å². The van der Waals surface area contributed by atoms with Crippen molar-refractivity contribution in [2.24, 2.45) is 0 Å². The predicted octanol–water partition coefficient (Wildman–Crippen LogP) is 3.54. The molecule has 0 saturated carbocycles. The van der Waals surface area contributed by atoms with E-state index in [1.807, 2.05) is 29.3 Å². The number of hydrogen-bond donors (Lipinski definition) is 0. The number of benzene rings is 1. The van der Waals surface area contributed by atoms with Crippen LogP contribution >= 0.6 is 0 Å². The first-order valence-corrected chi connectivity index (χ1v) is 8.15. The number of carbonyl (C=O) groups excluding carboxylic acids is 1. The molecule has 122 valence electrons. The molecule has 1 unspecified atom stereocenters. The monoisotopic (exact) mass is 321 g/mol. The topological polar surface area (TPSA) is 51.3 Å². The third-order valence-electron chi connectivity index (χ3n) is 4.60. The van der Waals surface area contributed by atoms with E-state index in [4.69, 9.17) is 4.42 Å². The van der Waals surface area contributed by atoms with E-state index in [-0.39, 0.29) is 11.9 Å². The average molecular weight is 321 g/mol. The molecule has 3 aromatic rings. The molecule has 0 bridgehead atoms. The molecular weight excluding hydrogens is 302 g/mol. The van der Waals surface area contributed by atoms with Crippen LogP contribution in [0.15, 0.2) is 59.5 Å². The minimum Gasteiger partial charge on any atom is -0.472 e. The Labute approximate surface area is 140 Å². The van der Waals surface area contributed by atoms with Gasteiger partial charge in [0.15, 0.2) is 0 Å². The maximum atomic E-state index is 12.5. The van der Waals surface area contributed by atoms with E-state index in [1.54, 1.807) is 6.07 Å². The molecule has 1 amide bonds. The molecule has 1 aliphatic rings. The van der Waals surface area contributed by atoms with Crippen LogP contribution in [0.4, 0.5) is 0 Å². The fourth-order valence-corrected chi connectivity index (χ4v) is 3.41. The van der Waals surface area contributed by atoms with Crippen LogP contribution in [0.2, 0.25) is 0 Å². The molecule has 3 heterocycles. The molecule has 1 aromatic carbocycles. The van der Waals surface area contributed by atoms with Crippen LogP contribution < -0.4 is 0 Å². The molecule has 5 heteroatoms. The third kappa shape index (κ3) is 2.52. The van der Waals surface area contributed by atoms with E-state index in [2.05, 4.69) is 28.6 Å². The number of rotatable bonds is 3. The number of carbonyl (C=O) groups is 1. The van der Waals surface area contributed by atoms with Crippen molar-refractivity contribution in [1.82, 2.24) is 14.5 Å². The van der Waals surface area contributed by atoms with Crippen LogP contribution in [-0.2, 0) is 0 Å². The van der Waals surface area contributed by atoms with Crippen LogP contribution in [0.3, 0.4) is 0 Å². The van der Waals surface area contributed by atoms with E-state index in [9.17, 15) is 4.79 Å². The predicted molar refractivity (Wildman–Crippen MR) is 90.7 cm³/mol. The van der Waals surface area contributed by atoms with Gasteiger partial charge in [-0.05, 0) is 19.4 Å². The van der Waals surface area contributed by atoms with Crippen molar-refractivity contribution in [2.45, 2.75) is 19.4 Å². The summed E-state index contributed by atoms with van der Waals surface area (Å²) < 4.78 is 7.29. The Morgan fingerprint density at radius 2 is 2.08 bits per heavy atom. The Balaban J connectivity index is 1.60. The fraction of sp³-hybridized carbons (Fsp3) is 0.263. The first-order valence-electron chi connectivity index (χ1n) is 8.15. The third-order valence-corrected chi connectivity index (χ3v) is 4.60. The Hall–Kier alpha value is -2.82. The summed E-state index contributed by atoms with van der Waals surface area (Å²) in [6.45, 7) is 3.52. The lowest BCUT2D eigenvalue weighted by atomic mass is 10.2. The van der Waals surface area contributed by atoms with Gasteiger partial charge in [0, 0.05) is 30.5 Å². The molecule has 4 rings (SSSR count). The number of furan rings is 1. The zero-order valence-corrected chi connectivity index (χ0v) is 13.6. The summed E-state index contributed by atoms with van der Waals surface area (Å²) in [6, 6.07) is 12.2. The number of amides is 1. The molecule has 1 saturated heterocycles. The Bertz CT molecular complexity index is 837. The second kappa shape index (κ2) is 6.00. The normalized spacial score (nSPS) is 17.4. The van der Waals surface area contributed by atoms with Crippen molar-refractivity contribution in [3.05, 3.63) is 66.4 Å². The lowest BCUT2D eigenvalue weighted by Gasteiger charge is -2.19. The summed E-state index contributed by atoms with van der Waals surface area (Å²) in [4.78, 5) is 19.0. The second-order valence-electron chi connectivity index (χ2n) is 6.16. The van der Waals surface area contributed by atoms with Crippen molar-refractivity contribution in [3.8, 4) is 11.4 Å². The largest absolute Gasteiger partial charge is 0.472 e. The van der Waals surface area contributed by atoms with E-state index < -0.39 is 0 Å². The van der Waals surface area contributed by atoms with Crippen LogP contribution in [0.25, 0.3) is 11.4 Å². The van der Waals surface area contributed by atoms with Crippen molar-refractivity contribution >= 4 is 5.91 Å². The van der Waals surface area contributed by atoms with Crippen LogP contribution in [0, 0.1) is 6.92 Å². The SMILES string of the molecule is Cc1cnc(-c2ccccc2)n1C1CCN(C(=O)c2ccoc2)C1. The minimum atomic E-state index is 0.0327. The molecule has 2 aromatic heterocycles. The number of aromatic nitrogens is 2. The zero-order chi connectivity index (χ0) is 16.5. The quantitative estimate of drug-likeness (QED) is 0.741. The van der Waals surface area contributed by atoms with Gasteiger partial charge in [-0.25, -0.2) is 4.98 Å². The van der Waals surface area contributed by atoms with Gasteiger partial charge in [0.05, 0.1) is 17.9 Å². The number of nitrogens with zero attached hydrogens (tertiary/aromatic N) is 3. The van der Waals surface area contributed by atoms with E-state index in [0.717, 1.165) is 30.0 Å². The first kappa shape index (κ1) is 14.8. The van der Waals surface area contributed by atoms with Gasteiger partial charge in [0.1, 0.15) is 12.1 Å². The van der Waals surface area contributed by atoms with Gasteiger partial charge in [-0.2, -0.15) is 0 Å². The molecule has 24 heavy (non-hydrogen) atoms. The first-order chi connectivity index (χ1) is 11.7. The van der Waals surface area contributed by atoms with Crippen molar-refractivity contribution in [1.29, 1.82) is 0 Å². The van der Waals surface area contributed by atoms with Crippen LogP contribution in [0.1, 0.15) is 28.5 Å². The maximum Gasteiger partial charge on any atom is 0.257 e. The molecule has 0 aliphatic carbocycles. The summed E-state index contributed by atoms with van der Waals surface area (Å²) in [5.74, 6) is 1.00. The van der Waals surface area contributed by atoms with Crippen molar-refractivity contribution < 1.29 is 9.21 Å². The Morgan fingerprint density at radius 3 is 2.83 bits per heavy atom. The highest BCUT2D eigenvalue weighted by Crippen LogP contribution is 2.30. The zero-order valence-electron chi connectivity index (χ0n) is 13.6. The molecule has 1 fully saturated rings. The molecule has 1 atom stereocenters. The summed E-state index contributed by atoms with van der Waals surface area (Å²) in [5, 5.41) is 0. The molecule has 1 aliphatic heterocycles. The molecule has 5 nitrogen and oxygen atoms in total. The summed E-state index contributed by atoms with van der Waals surface area (Å²) in [6.07, 6.45) is 5.88. The number of likely N-dealkylation sites (tertiary alicyclic amines) is 1. The van der Waals surface area contributed by atoms with E-state index in [1.165, 1.54) is 12.5 Å². The van der Waals surface area contributed by atoms with Gasteiger partial charge in [0.25, 0.3) is 5.91 Å². The van der Waals surface area contributed by atoms with E-state index in [0.29, 0.717) is 12.1 Å². The maximum absolute atomic E-state index is 12.5. The van der Waals surface area contributed by atoms with Gasteiger partial charge >= 0.3 is 0 Å².